The van der Waals surface area contributed by atoms with E-state index in [0.717, 1.165) is 31.0 Å². The summed E-state index contributed by atoms with van der Waals surface area (Å²) in [4.78, 5) is 37.0. The van der Waals surface area contributed by atoms with Gasteiger partial charge >= 0.3 is 0 Å². The van der Waals surface area contributed by atoms with E-state index in [1.165, 1.54) is 11.8 Å². The molecule has 0 spiro atoms. The predicted molar refractivity (Wildman–Crippen MR) is 117 cm³/mol. The highest BCUT2D eigenvalue weighted by atomic mass is 32.2. The van der Waals surface area contributed by atoms with Crippen molar-refractivity contribution in [2.75, 3.05) is 31.1 Å². The van der Waals surface area contributed by atoms with Crippen LogP contribution in [0.1, 0.15) is 49.7 Å². The van der Waals surface area contributed by atoms with Crippen LogP contribution < -0.4 is 10.2 Å². The van der Waals surface area contributed by atoms with Crippen LogP contribution in [0.2, 0.25) is 0 Å². The summed E-state index contributed by atoms with van der Waals surface area (Å²) in [6, 6.07) is 5.58. The van der Waals surface area contributed by atoms with Gasteiger partial charge in [0.05, 0.1) is 5.75 Å². The number of hydrogen-bond donors (Lipinski definition) is 1. The third kappa shape index (κ3) is 5.75. The Morgan fingerprint density at radius 1 is 1.20 bits per heavy atom. The Hall–Kier alpha value is -2.55. The average Bonchev–Trinajstić information content (AvgIpc) is 3.21. The van der Waals surface area contributed by atoms with Gasteiger partial charge in [-0.2, -0.15) is 0 Å². The minimum absolute atomic E-state index is 0.0568. The molecule has 3 rings (SSSR count). The van der Waals surface area contributed by atoms with Gasteiger partial charge in [0.1, 0.15) is 11.6 Å². The number of nitrogens with one attached hydrogen (secondary N) is 1. The molecule has 1 aliphatic heterocycles. The minimum atomic E-state index is -0.211. The second-order valence-corrected chi connectivity index (χ2v) is 8.47. The largest absolute Gasteiger partial charge is 0.455 e. The van der Waals surface area contributed by atoms with Crippen LogP contribution in [0, 0.1) is 0 Å². The molecule has 0 saturated carbocycles. The molecule has 3 heterocycles. The van der Waals surface area contributed by atoms with Crippen molar-refractivity contribution < 1.29 is 14.0 Å². The molecule has 2 aromatic rings. The Balaban J connectivity index is 1.65. The highest BCUT2D eigenvalue weighted by Gasteiger charge is 2.21. The van der Waals surface area contributed by atoms with Gasteiger partial charge in [-0.3, -0.25) is 9.59 Å². The summed E-state index contributed by atoms with van der Waals surface area (Å²) in [7, 11) is 0. The molecule has 0 atom stereocenters. The molecule has 2 amide bonds. The number of furan rings is 1. The van der Waals surface area contributed by atoms with Gasteiger partial charge in [0.25, 0.3) is 5.91 Å². The number of aryl methyl sites for hydroxylation is 1. The van der Waals surface area contributed by atoms with Crippen LogP contribution in [-0.2, 0) is 17.0 Å². The lowest BCUT2D eigenvalue weighted by atomic mass is 10.2. The molecule has 1 saturated heterocycles. The van der Waals surface area contributed by atoms with Crippen molar-refractivity contribution >= 4 is 29.4 Å². The van der Waals surface area contributed by atoms with Gasteiger partial charge in [-0.05, 0) is 32.4 Å². The van der Waals surface area contributed by atoms with E-state index < -0.39 is 0 Å². The Morgan fingerprint density at radius 3 is 2.57 bits per heavy atom. The SMILES string of the molecule is CCc1cc(N2CCN(C(C)=O)CC2)nc(SCc2ccc(C(=O)NC(C)C)o2)n1. The van der Waals surface area contributed by atoms with Crippen molar-refractivity contribution in [2.24, 2.45) is 0 Å². The average molecular weight is 432 g/mol. The van der Waals surface area contributed by atoms with Crippen molar-refractivity contribution in [1.82, 2.24) is 20.2 Å². The number of carbonyl (C=O) groups is 2. The number of thioether (sulfide) groups is 1. The zero-order valence-corrected chi connectivity index (χ0v) is 18.8. The summed E-state index contributed by atoms with van der Waals surface area (Å²) >= 11 is 1.49. The fourth-order valence-electron chi connectivity index (χ4n) is 3.16. The van der Waals surface area contributed by atoms with Crippen LogP contribution in [-0.4, -0.2) is 58.9 Å². The lowest BCUT2D eigenvalue weighted by molar-refractivity contribution is -0.129. The van der Waals surface area contributed by atoms with Crippen LogP contribution >= 0.6 is 11.8 Å². The van der Waals surface area contributed by atoms with Crippen LogP contribution in [0.4, 0.5) is 5.82 Å². The Labute approximate surface area is 181 Å². The van der Waals surface area contributed by atoms with Crippen molar-refractivity contribution in [3.8, 4) is 0 Å². The number of aromatic nitrogens is 2. The summed E-state index contributed by atoms with van der Waals surface area (Å²) in [5.74, 6) is 2.35. The summed E-state index contributed by atoms with van der Waals surface area (Å²) in [5.41, 5.74) is 0.980. The first-order chi connectivity index (χ1) is 14.4. The molecule has 1 aliphatic rings. The van der Waals surface area contributed by atoms with E-state index in [-0.39, 0.29) is 17.9 Å². The highest BCUT2D eigenvalue weighted by Crippen LogP contribution is 2.25. The maximum Gasteiger partial charge on any atom is 0.287 e. The molecule has 0 bridgehead atoms. The Kier molecular flexibility index (Phi) is 7.36. The van der Waals surface area contributed by atoms with Crippen molar-refractivity contribution in [3.05, 3.63) is 35.4 Å². The number of rotatable bonds is 7. The van der Waals surface area contributed by atoms with Crippen molar-refractivity contribution in [2.45, 2.75) is 51.1 Å². The summed E-state index contributed by atoms with van der Waals surface area (Å²) in [5, 5.41) is 3.50. The van der Waals surface area contributed by atoms with E-state index in [1.54, 1.807) is 13.0 Å². The number of carbonyl (C=O) groups excluding carboxylic acids is 2. The lowest BCUT2D eigenvalue weighted by Gasteiger charge is -2.35. The van der Waals surface area contributed by atoms with E-state index in [1.807, 2.05) is 30.9 Å². The molecule has 0 unspecified atom stereocenters. The molecule has 1 fully saturated rings. The molecule has 0 radical (unpaired) electrons. The summed E-state index contributed by atoms with van der Waals surface area (Å²) < 4.78 is 5.67. The van der Waals surface area contributed by atoms with Crippen LogP contribution in [0.15, 0.2) is 27.8 Å². The molecule has 8 nitrogen and oxygen atoms in total. The molecule has 162 valence electrons. The zero-order valence-electron chi connectivity index (χ0n) is 18.0. The van der Waals surface area contributed by atoms with Gasteiger partial charge in [0.2, 0.25) is 5.91 Å². The minimum Gasteiger partial charge on any atom is -0.455 e. The van der Waals surface area contributed by atoms with Gasteiger partial charge in [-0.25, -0.2) is 9.97 Å². The molecule has 1 N–H and O–H groups in total. The summed E-state index contributed by atoms with van der Waals surface area (Å²) in [6.45, 7) is 10.4. The molecule has 9 heteroatoms. The van der Waals surface area contributed by atoms with Gasteiger partial charge in [0, 0.05) is 50.9 Å². The normalized spacial score (nSPS) is 14.3. The number of piperazine rings is 1. The van der Waals surface area contributed by atoms with Gasteiger partial charge in [-0.1, -0.05) is 18.7 Å². The second-order valence-electron chi connectivity index (χ2n) is 7.53. The first kappa shape index (κ1) is 22.1. The molecular weight excluding hydrogens is 402 g/mol. The van der Waals surface area contributed by atoms with E-state index in [4.69, 9.17) is 9.40 Å². The quantitative estimate of drug-likeness (QED) is 0.532. The van der Waals surface area contributed by atoms with E-state index in [9.17, 15) is 9.59 Å². The Morgan fingerprint density at radius 2 is 1.93 bits per heavy atom. The summed E-state index contributed by atoms with van der Waals surface area (Å²) in [6.07, 6.45) is 0.816. The monoisotopic (exact) mass is 431 g/mol. The van der Waals surface area contributed by atoms with Crippen molar-refractivity contribution in [1.29, 1.82) is 0 Å². The number of hydrogen-bond acceptors (Lipinski definition) is 7. The predicted octanol–water partition coefficient (Wildman–Crippen LogP) is 2.73. The van der Waals surface area contributed by atoms with Gasteiger partial charge < -0.3 is 19.5 Å². The fourth-order valence-corrected chi connectivity index (χ4v) is 3.93. The molecule has 0 aromatic carbocycles. The maximum absolute atomic E-state index is 12.0. The first-order valence-corrected chi connectivity index (χ1v) is 11.2. The van der Waals surface area contributed by atoms with Crippen molar-refractivity contribution in [3.63, 3.8) is 0 Å². The maximum atomic E-state index is 12.0. The third-order valence-electron chi connectivity index (χ3n) is 4.81. The molecule has 30 heavy (non-hydrogen) atoms. The van der Waals surface area contributed by atoms with E-state index in [2.05, 4.69) is 22.1 Å². The van der Waals surface area contributed by atoms with Gasteiger partial charge in [0.15, 0.2) is 10.9 Å². The van der Waals surface area contributed by atoms with Crippen LogP contribution in [0.5, 0.6) is 0 Å². The molecule has 0 aliphatic carbocycles. The van der Waals surface area contributed by atoms with Crippen LogP contribution in [0.3, 0.4) is 0 Å². The Bertz CT molecular complexity index is 891. The first-order valence-electron chi connectivity index (χ1n) is 10.3. The zero-order chi connectivity index (χ0) is 21.7. The lowest BCUT2D eigenvalue weighted by Crippen LogP contribution is -2.48. The van der Waals surface area contributed by atoms with E-state index in [0.29, 0.717) is 35.5 Å². The smallest absolute Gasteiger partial charge is 0.287 e. The molecular formula is C21H29N5O3S. The van der Waals surface area contributed by atoms with Gasteiger partial charge in [-0.15, -0.1) is 0 Å². The topological polar surface area (TPSA) is 91.6 Å². The second kappa shape index (κ2) is 9.97. The third-order valence-corrected chi connectivity index (χ3v) is 5.67. The number of anilines is 1. The van der Waals surface area contributed by atoms with Crippen LogP contribution in [0.25, 0.3) is 0 Å². The standard InChI is InChI=1S/C21H29N5O3S/c1-5-16-12-19(26-10-8-25(9-11-26)15(4)27)24-21(23-16)30-13-17-6-7-18(29-17)20(28)22-14(2)3/h6-7,12,14H,5,8-11,13H2,1-4H3,(H,22,28). The number of nitrogens with zero attached hydrogens (tertiary/aromatic N) is 4. The fraction of sp³-hybridized carbons (Fsp3) is 0.524. The highest BCUT2D eigenvalue weighted by molar-refractivity contribution is 7.98. The molecule has 2 aromatic heterocycles. The van der Waals surface area contributed by atoms with E-state index >= 15 is 0 Å². The number of amides is 2.